The Morgan fingerprint density at radius 3 is 2.21 bits per heavy atom. The van der Waals surface area contributed by atoms with Gasteiger partial charge in [0.05, 0.1) is 0 Å². The van der Waals surface area contributed by atoms with Crippen molar-refractivity contribution in [3.8, 4) is 11.5 Å². The summed E-state index contributed by atoms with van der Waals surface area (Å²) in [5.74, 6) is 1.33. The van der Waals surface area contributed by atoms with Crippen LogP contribution in [0.5, 0.6) is 11.5 Å². The van der Waals surface area contributed by atoms with Crippen molar-refractivity contribution >= 4 is 23.2 Å². The molecule has 0 radical (unpaired) electrons. The predicted molar refractivity (Wildman–Crippen MR) is 77.1 cm³/mol. The molecule has 0 aliphatic rings. The van der Waals surface area contributed by atoms with E-state index >= 15 is 0 Å². The van der Waals surface area contributed by atoms with Crippen molar-refractivity contribution in [3.05, 3.63) is 54.6 Å². The molecule has 19 heavy (non-hydrogen) atoms. The van der Waals surface area contributed by atoms with Crippen LogP contribution < -0.4 is 9.64 Å². The van der Waals surface area contributed by atoms with Crippen molar-refractivity contribution in [2.75, 3.05) is 17.8 Å². The highest BCUT2D eigenvalue weighted by Crippen LogP contribution is 2.23. The summed E-state index contributed by atoms with van der Waals surface area (Å²) in [5.41, 5.74) is 0.783. The van der Waals surface area contributed by atoms with E-state index in [0.29, 0.717) is 0 Å². The van der Waals surface area contributed by atoms with E-state index in [-0.39, 0.29) is 11.8 Å². The molecule has 0 aliphatic carbocycles. The van der Waals surface area contributed by atoms with Crippen LogP contribution in [0.4, 0.5) is 5.69 Å². The van der Waals surface area contributed by atoms with Crippen molar-refractivity contribution in [1.29, 1.82) is 0 Å². The zero-order valence-electron chi connectivity index (χ0n) is 10.5. The summed E-state index contributed by atoms with van der Waals surface area (Å²) >= 11 is 5.52. The number of nitrogens with zero attached hydrogens (tertiary/aromatic N) is 1. The molecule has 2 aromatic rings. The first-order valence-electron chi connectivity index (χ1n) is 5.86. The van der Waals surface area contributed by atoms with Crippen LogP contribution in [0.25, 0.3) is 0 Å². The van der Waals surface area contributed by atoms with E-state index in [0.717, 1.165) is 17.2 Å². The molecule has 0 saturated carbocycles. The predicted octanol–water partition coefficient (Wildman–Crippen LogP) is 3.68. The molecule has 4 heteroatoms. The molecular formula is C15H14ClNO2. The molecule has 0 spiro atoms. The smallest absolute Gasteiger partial charge is 0.241 e. The number of alkyl halides is 1. The third kappa shape index (κ3) is 3.48. The maximum atomic E-state index is 11.5. The molecule has 0 unspecified atom stereocenters. The Hall–Kier alpha value is -2.00. The zero-order valence-corrected chi connectivity index (χ0v) is 11.3. The monoisotopic (exact) mass is 275 g/mol. The molecule has 2 rings (SSSR count). The van der Waals surface area contributed by atoms with E-state index in [9.17, 15) is 4.79 Å². The Balaban J connectivity index is 2.08. The highest BCUT2D eigenvalue weighted by molar-refractivity contribution is 6.29. The summed E-state index contributed by atoms with van der Waals surface area (Å²) < 4.78 is 5.67. The van der Waals surface area contributed by atoms with E-state index in [2.05, 4.69) is 0 Å². The highest BCUT2D eigenvalue weighted by Gasteiger charge is 2.09. The number of carbonyl (C=O) groups is 1. The van der Waals surface area contributed by atoms with Gasteiger partial charge in [0.15, 0.2) is 0 Å². The van der Waals surface area contributed by atoms with Gasteiger partial charge in [-0.05, 0) is 36.4 Å². The van der Waals surface area contributed by atoms with Crippen LogP contribution in [0, 0.1) is 0 Å². The second-order valence-corrected chi connectivity index (χ2v) is 4.26. The van der Waals surface area contributed by atoms with Crippen LogP contribution in [0.15, 0.2) is 54.6 Å². The van der Waals surface area contributed by atoms with Crippen LogP contribution in [0.1, 0.15) is 0 Å². The number of halogens is 1. The number of carbonyl (C=O) groups excluding carboxylic acids is 1. The van der Waals surface area contributed by atoms with Crippen molar-refractivity contribution < 1.29 is 9.53 Å². The fourth-order valence-electron chi connectivity index (χ4n) is 1.60. The molecular weight excluding hydrogens is 262 g/mol. The number of anilines is 1. The lowest BCUT2D eigenvalue weighted by molar-refractivity contribution is -0.116. The van der Waals surface area contributed by atoms with Crippen LogP contribution in [-0.4, -0.2) is 18.8 Å². The lowest BCUT2D eigenvalue weighted by atomic mass is 10.2. The maximum Gasteiger partial charge on any atom is 0.241 e. The van der Waals surface area contributed by atoms with Crippen molar-refractivity contribution in [2.24, 2.45) is 0 Å². The molecule has 0 saturated heterocycles. The number of hydrogen-bond donors (Lipinski definition) is 0. The SMILES string of the molecule is CN(C(=O)CCl)c1ccc(Oc2ccccc2)cc1. The first-order chi connectivity index (χ1) is 9.20. The average molecular weight is 276 g/mol. The molecule has 2 aromatic carbocycles. The third-order valence-electron chi connectivity index (χ3n) is 2.69. The second-order valence-electron chi connectivity index (χ2n) is 4.00. The molecule has 3 nitrogen and oxygen atoms in total. The van der Waals surface area contributed by atoms with E-state index in [1.807, 2.05) is 54.6 Å². The average Bonchev–Trinajstić information content (AvgIpc) is 2.47. The van der Waals surface area contributed by atoms with Crippen LogP contribution in [0.3, 0.4) is 0 Å². The molecule has 0 atom stereocenters. The lowest BCUT2D eigenvalue weighted by Crippen LogP contribution is -2.26. The fourth-order valence-corrected chi connectivity index (χ4v) is 1.78. The molecule has 1 amide bonds. The first-order valence-corrected chi connectivity index (χ1v) is 6.39. The van der Waals surface area contributed by atoms with Crippen molar-refractivity contribution in [1.82, 2.24) is 0 Å². The Morgan fingerprint density at radius 2 is 1.63 bits per heavy atom. The van der Waals surface area contributed by atoms with Crippen LogP contribution in [0.2, 0.25) is 0 Å². The van der Waals surface area contributed by atoms with Crippen molar-refractivity contribution in [3.63, 3.8) is 0 Å². The van der Waals surface area contributed by atoms with E-state index < -0.39 is 0 Å². The van der Waals surface area contributed by atoms with E-state index in [4.69, 9.17) is 16.3 Å². The van der Waals surface area contributed by atoms with Crippen LogP contribution >= 0.6 is 11.6 Å². The molecule has 0 bridgehead atoms. The Kier molecular flexibility index (Phi) is 4.42. The Morgan fingerprint density at radius 1 is 1.05 bits per heavy atom. The topological polar surface area (TPSA) is 29.5 Å². The van der Waals surface area contributed by atoms with Gasteiger partial charge in [-0.25, -0.2) is 0 Å². The minimum Gasteiger partial charge on any atom is -0.457 e. The van der Waals surface area contributed by atoms with Gasteiger partial charge in [-0.15, -0.1) is 11.6 Å². The largest absolute Gasteiger partial charge is 0.457 e. The number of para-hydroxylation sites is 1. The summed E-state index contributed by atoms with van der Waals surface area (Å²) in [6.07, 6.45) is 0. The van der Waals surface area contributed by atoms with E-state index in [1.165, 1.54) is 4.90 Å². The summed E-state index contributed by atoms with van der Waals surface area (Å²) in [5, 5.41) is 0. The van der Waals surface area contributed by atoms with Gasteiger partial charge in [-0.1, -0.05) is 18.2 Å². The zero-order chi connectivity index (χ0) is 13.7. The van der Waals surface area contributed by atoms with Gasteiger partial charge in [0.2, 0.25) is 5.91 Å². The summed E-state index contributed by atoms with van der Waals surface area (Å²) in [6, 6.07) is 16.8. The highest BCUT2D eigenvalue weighted by atomic mass is 35.5. The second kappa shape index (κ2) is 6.25. The van der Waals surface area contributed by atoms with Gasteiger partial charge in [-0.3, -0.25) is 4.79 Å². The maximum absolute atomic E-state index is 11.5. The molecule has 98 valence electrons. The van der Waals surface area contributed by atoms with Gasteiger partial charge in [0.1, 0.15) is 17.4 Å². The number of rotatable bonds is 4. The van der Waals surface area contributed by atoms with Gasteiger partial charge in [0.25, 0.3) is 0 Å². The third-order valence-corrected chi connectivity index (χ3v) is 2.92. The minimum absolute atomic E-state index is 0.0290. The fraction of sp³-hybridized carbons (Fsp3) is 0.133. The summed E-state index contributed by atoms with van der Waals surface area (Å²) in [4.78, 5) is 13.0. The Bertz CT molecular complexity index is 540. The number of benzene rings is 2. The number of amides is 1. The number of ether oxygens (including phenoxy) is 1. The van der Waals surface area contributed by atoms with E-state index in [1.54, 1.807) is 7.05 Å². The van der Waals surface area contributed by atoms with Crippen molar-refractivity contribution in [2.45, 2.75) is 0 Å². The van der Waals surface area contributed by atoms with Gasteiger partial charge < -0.3 is 9.64 Å². The molecule has 0 heterocycles. The summed E-state index contributed by atoms with van der Waals surface area (Å²) in [6.45, 7) is 0. The molecule has 0 aliphatic heterocycles. The summed E-state index contributed by atoms with van der Waals surface area (Å²) in [7, 11) is 1.69. The minimum atomic E-state index is -0.140. The van der Waals surface area contributed by atoms with Crippen LogP contribution in [-0.2, 0) is 4.79 Å². The quantitative estimate of drug-likeness (QED) is 0.797. The van der Waals surface area contributed by atoms with Gasteiger partial charge >= 0.3 is 0 Å². The first kappa shape index (κ1) is 13.4. The normalized spacial score (nSPS) is 10.0. The Labute approximate surface area is 117 Å². The standard InChI is InChI=1S/C15H14ClNO2/c1-17(15(18)11-16)12-7-9-14(10-8-12)19-13-5-3-2-4-6-13/h2-10H,11H2,1H3. The molecule has 0 N–H and O–H groups in total. The lowest BCUT2D eigenvalue weighted by Gasteiger charge is -2.16. The molecule has 0 aromatic heterocycles. The van der Waals surface area contributed by atoms with Gasteiger partial charge in [-0.2, -0.15) is 0 Å². The van der Waals surface area contributed by atoms with Gasteiger partial charge in [0, 0.05) is 12.7 Å². The number of hydrogen-bond acceptors (Lipinski definition) is 2. The molecule has 0 fully saturated rings.